The van der Waals surface area contributed by atoms with Crippen LogP contribution < -0.4 is 5.73 Å². The predicted octanol–water partition coefficient (Wildman–Crippen LogP) is -0.472. The Hall–Kier alpha value is -1.46. The molecule has 5 heteroatoms. The number of pyridine rings is 1. The first-order valence-corrected chi connectivity index (χ1v) is 4.16. The summed E-state index contributed by atoms with van der Waals surface area (Å²) in [6.45, 7) is -0.157. The van der Waals surface area contributed by atoms with Crippen molar-refractivity contribution in [3.63, 3.8) is 0 Å². The van der Waals surface area contributed by atoms with Crippen LogP contribution in [0.4, 0.5) is 0 Å². The smallest absolute Gasteiger partial charge is 0.320 e. The number of hydrogen-bond donors (Lipinski definition) is 3. The minimum atomic E-state index is -1.03. The zero-order chi connectivity index (χ0) is 10.6. The number of carbonyl (C=O) groups is 1. The Morgan fingerprint density at radius 2 is 2.36 bits per heavy atom. The summed E-state index contributed by atoms with van der Waals surface area (Å²) in [4.78, 5) is 14.3. The van der Waals surface area contributed by atoms with Crippen LogP contribution in [0.1, 0.15) is 11.3 Å². The maximum Gasteiger partial charge on any atom is 0.320 e. The Balaban J connectivity index is 2.71. The van der Waals surface area contributed by atoms with E-state index >= 15 is 0 Å². The van der Waals surface area contributed by atoms with Crippen LogP contribution in [0.5, 0.6) is 0 Å². The lowest BCUT2D eigenvalue weighted by molar-refractivity contribution is -0.138. The molecule has 0 radical (unpaired) electrons. The third-order valence-electron chi connectivity index (χ3n) is 1.82. The lowest BCUT2D eigenvalue weighted by atomic mass is 10.1. The molecule has 0 saturated carbocycles. The van der Waals surface area contributed by atoms with Crippen molar-refractivity contribution in [1.82, 2.24) is 4.98 Å². The number of carboxylic acids is 1. The normalized spacial score (nSPS) is 12.4. The third-order valence-corrected chi connectivity index (χ3v) is 1.82. The number of aliphatic carboxylic acids is 1. The van der Waals surface area contributed by atoms with E-state index in [0.717, 1.165) is 5.56 Å². The molecule has 0 spiro atoms. The standard InChI is InChI=1S/C9H12N2O3/c10-8(9(13)14)4-6-1-2-11-7(3-6)5-12/h1-3,8,12H,4-5,10H2,(H,13,14). The molecule has 0 saturated heterocycles. The fourth-order valence-electron chi connectivity index (χ4n) is 1.08. The number of nitrogens with zero attached hydrogens (tertiary/aromatic N) is 1. The number of hydrogen-bond acceptors (Lipinski definition) is 4. The molecule has 1 atom stereocenters. The number of carboxylic acid groups (broad SMARTS) is 1. The van der Waals surface area contributed by atoms with Crippen molar-refractivity contribution < 1.29 is 15.0 Å². The highest BCUT2D eigenvalue weighted by molar-refractivity contribution is 5.73. The van der Waals surface area contributed by atoms with Gasteiger partial charge in [0.05, 0.1) is 12.3 Å². The Bertz CT molecular complexity index is 328. The minimum Gasteiger partial charge on any atom is -0.480 e. The van der Waals surface area contributed by atoms with Crippen LogP contribution in [0.15, 0.2) is 18.3 Å². The topological polar surface area (TPSA) is 96.4 Å². The number of aromatic nitrogens is 1. The first-order valence-electron chi connectivity index (χ1n) is 4.16. The van der Waals surface area contributed by atoms with Gasteiger partial charge in [-0.05, 0) is 24.1 Å². The van der Waals surface area contributed by atoms with Gasteiger partial charge < -0.3 is 15.9 Å². The molecule has 0 aliphatic heterocycles. The molecule has 0 aliphatic rings. The summed E-state index contributed by atoms with van der Waals surface area (Å²) in [5.41, 5.74) is 6.63. The van der Waals surface area contributed by atoms with E-state index in [1.165, 1.54) is 6.20 Å². The second kappa shape index (κ2) is 4.69. The third kappa shape index (κ3) is 2.79. The maximum atomic E-state index is 10.5. The fraction of sp³-hybridized carbons (Fsp3) is 0.333. The molecule has 0 fully saturated rings. The van der Waals surface area contributed by atoms with Gasteiger partial charge >= 0.3 is 5.97 Å². The van der Waals surface area contributed by atoms with E-state index in [9.17, 15) is 4.79 Å². The van der Waals surface area contributed by atoms with E-state index in [1.807, 2.05) is 0 Å². The van der Waals surface area contributed by atoms with Crippen LogP contribution in [-0.2, 0) is 17.8 Å². The first kappa shape index (κ1) is 10.6. The van der Waals surface area contributed by atoms with Gasteiger partial charge in [0.15, 0.2) is 0 Å². The van der Waals surface area contributed by atoms with Gasteiger partial charge in [-0.15, -0.1) is 0 Å². The summed E-state index contributed by atoms with van der Waals surface area (Å²) < 4.78 is 0. The molecule has 1 unspecified atom stereocenters. The molecule has 0 bridgehead atoms. The Kier molecular flexibility index (Phi) is 3.55. The van der Waals surface area contributed by atoms with Crippen molar-refractivity contribution in [3.8, 4) is 0 Å². The van der Waals surface area contributed by atoms with E-state index in [1.54, 1.807) is 12.1 Å². The van der Waals surface area contributed by atoms with Gasteiger partial charge in [-0.1, -0.05) is 0 Å². The molecule has 1 aromatic heterocycles. The van der Waals surface area contributed by atoms with Crippen LogP contribution in [0.25, 0.3) is 0 Å². The molecule has 76 valence electrons. The first-order chi connectivity index (χ1) is 6.63. The van der Waals surface area contributed by atoms with Gasteiger partial charge in [0.25, 0.3) is 0 Å². The van der Waals surface area contributed by atoms with Crippen molar-refractivity contribution in [1.29, 1.82) is 0 Å². The van der Waals surface area contributed by atoms with Gasteiger partial charge in [-0.25, -0.2) is 0 Å². The van der Waals surface area contributed by atoms with Gasteiger partial charge in [-0.2, -0.15) is 0 Å². The predicted molar refractivity (Wildman–Crippen MR) is 49.5 cm³/mol. The Morgan fingerprint density at radius 3 is 2.93 bits per heavy atom. The molecule has 1 aromatic rings. The van der Waals surface area contributed by atoms with E-state index in [2.05, 4.69) is 4.98 Å². The summed E-state index contributed by atoms with van der Waals surface area (Å²) in [5, 5.41) is 17.4. The molecule has 0 aromatic carbocycles. The molecule has 1 heterocycles. The highest BCUT2D eigenvalue weighted by atomic mass is 16.4. The highest BCUT2D eigenvalue weighted by Gasteiger charge is 2.12. The maximum absolute atomic E-state index is 10.5. The lowest BCUT2D eigenvalue weighted by Crippen LogP contribution is -2.32. The van der Waals surface area contributed by atoms with Crippen molar-refractivity contribution >= 4 is 5.97 Å². The minimum absolute atomic E-state index is 0.157. The average molecular weight is 196 g/mol. The fourth-order valence-corrected chi connectivity index (χ4v) is 1.08. The van der Waals surface area contributed by atoms with Crippen LogP contribution >= 0.6 is 0 Å². The molecule has 14 heavy (non-hydrogen) atoms. The second-order valence-electron chi connectivity index (χ2n) is 2.96. The van der Waals surface area contributed by atoms with Crippen LogP contribution in [0.2, 0.25) is 0 Å². The monoisotopic (exact) mass is 196 g/mol. The number of aliphatic hydroxyl groups excluding tert-OH is 1. The van der Waals surface area contributed by atoms with Gasteiger partial charge in [-0.3, -0.25) is 9.78 Å². The van der Waals surface area contributed by atoms with Crippen molar-refractivity contribution in [2.75, 3.05) is 0 Å². The zero-order valence-corrected chi connectivity index (χ0v) is 7.55. The highest BCUT2D eigenvalue weighted by Crippen LogP contribution is 2.04. The SMILES string of the molecule is NC(Cc1ccnc(CO)c1)C(=O)O. The number of aliphatic hydroxyl groups is 1. The van der Waals surface area contributed by atoms with E-state index in [4.69, 9.17) is 15.9 Å². The molecular weight excluding hydrogens is 184 g/mol. The van der Waals surface area contributed by atoms with Crippen molar-refractivity contribution in [2.45, 2.75) is 19.1 Å². The van der Waals surface area contributed by atoms with E-state index in [0.29, 0.717) is 5.69 Å². The van der Waals surface area contributed by atoms with Crippen LogP contribution in [0.3, 0.4) is 0 Å². The second-order valence-corrected chi connectivity index (χ2v) is 2.96. The summed E-state index contributed by atoms with van der Waals surface area (Å²) in [5.74, 6) is -1.03. The summed E-state index contributed by atoms with van der Waals surface area (Å²) in [6, 6.07) is 2.41. The zero-order valence-electron chi connectivity index (χ0n) is 7.55. The lowest BCUT2D eigenvalue weighted by Gasteiger charge is -2.06. The van der Waals surface area contributed by atoms with E-state index < -0.39 is 12.0 Å². The molecule has 1 rings (SSSR count). The molecule has 4 N–H and O–H groups in total. The van der Waals surface area contributed by atoms with E-state index in [-0.39, 0.29) is 13.0 Å². The summed E-state index contributed by atoms with van der Waals surface area (Å²) >= 11 is 0. The van der Waals surface area contributed by atoms with Crippen molar-refractivity contribution in [3.05, 3.63) is 29.6 Å². The molecular formula is C9H12N2O3. The summed E-state index contributed by atoms with van der Waals surface area (Å²) in [7, 11) is 0. The van der Waals surface area contributed by atoms with Crippen LogP contribution in [-0.4, -0.2) is 27.2 Å². The Morgan fingerprint density at radius 1 is 1.64 bits per heavy atom. The largest absolute Gasteiger partial charge is 0.480 e. The Labute approximate surface area is 81.2 Å². The van der Waals surface area contributed by atoms with Crippen molar-refractivity contribution in [2.24, 2.45) is 5.73 Å². The quantitative estimate of drug-likeness (QED) is 0.604. The number of nitrogens with two attached hydrogens (primary N) is 1. The number of rotatable bonds is 4. The van der Waals surface area contributed by atoms with Crippen LogP contribution in [0, 0.1) is 0 Å². The van der Waals surface area contributed by atoms with Gasteiger partial charge in [0.1, 0.15) is 6.04 Å². The molecule has 0 amide bonds. The van der Waals surface area contributed by atoms with Gasteiger partial charge in [0, 0.05) is 6.20 Å². The molecule has 0 aliphatic carbocycles. The molecule has 5 nitrogen and oxygen atoms in total. The summed E-state index contributed by atoms with van der Waals surface area (Å²) in [6.07, 6.45) is 1.76. The average Bonchev–Trinajstić information content (AvgIpc) is 2.18. The van der Waals surface area contributed by atoms with Gasteiger partial charge in [0.2, 0.25) is 0 Å².